The number of hydrogen-bond donors (Lipinski definition) is 1. The maximum atomic E-state index is 4.07. The van der Waals surface area contributed by atoms with Crippen molar-refractivity contribution in [2.45, 2.75) is 63.7 Å². The first-order valence-electron chi connectivity index (χ1n) is 22.4. The van der Waals surface area contributed by atoms with Crippen LogP contribution in [0.1, 0.15) is 79.5 Å². The maximum Gasteiger partial charge on any atom is 0.198 e. The number of anilines is 5. The summed E-state index contributed by atoms with van der Waals surface area (Å²) in [5.41, 5.74) is 23.7. The maximum absolute atomic E-state index is 4.07. The highest BCUT2D eigenvalue weighted by Gasteiger charge is 2.53. The molecule has 3 heterocycles. The fraction of sp³-hybridized carbons (Fsp3) is 0.172. The van der Waals surface area contributed by atoms with Gasteiger partial charge in [-0.3, -0.25) is 0 Å². The molecule has 8 aromatic carbocycles. The van der Waals surface area contributed by atoms with Gasteiger partial charge in [0, 0.05) is 48.5 Å². The van der Waals surface area contributed by atoms with Crippen molar-refractivity contribution >= 4 is 78.2 Å². The number of nitrogens with zero attached hydrogens (tertiary/aromatic N) is 1. The number of rotatable bonds is 3. The van der Waals surface area contributed by atoms with E-state index in [-0.39, 0.29) is 10.8 Å². The molecule has 1 N–H and O–H groups in total. The average Bonchev–Trinajstić information content (AvgIpc) is 3.81. The molecule has 0 radical (unpaired) electrons. The van der Waals surface area contributed by atoms with Crippen molar-refractivity contribution in [1.82, 2.24) is 0 Å². The molecule has 0 atom stereocenters. The Labute approximate surface area is 369 Å². The second kappa shape index (κ2) is 12.6. The Bertz CT molecular complexity index is 3360. The van der Waals surface area contributed by atoms with Crippen LogP contribution in [0, 0.1) is 6.92 Å². The van der Waals surface area contributed by atoms with Crippen molar-refractivity contribution in [2.24, 2.45) is 0 Å². The van der Waals surface area contributed by atoms with E-state index in [0.717, 1.165) is 18.7 Å². The van der Waals surface area contributed by atoms with Crippen molar-refractivity contribution in [3.63, 3.8) is 0 Å². The van der Waals surface area contributed by atoms with E-state index in [1.807, 2.05) is 11.3 Å². The van der Waals surface area contributed by atoms with E-state index in [1.165, 1.54) is 122 Å². The van der Waals surface area contributed by atoms with Crippen LogP contribution in [-0.4, -0.2) is 7.28 Å². The van der Waals surface area contributed by atoms with Gasteiger partial charge in [-0.05, 0) is 128 Å². The Hall–Kier alpha value is -6.36. The largest absolute Gasteiger partial charge is 0.355 e. The minimum atomic E-state index is -0.422. The molecule has 13 rings (SSSR count). The highest BCUT2D eigenvalue weighted by atomic mass is 32.1. The number of nitrogens with one attached hydrogen (secondary N) is 1. The Balaban J connectivity index is 1.06. The molecule has 1 spiro atoms. The smallest absolute Gasteiger partial charge is 0.198 e. The Kier molecular flexibility index (Phi) is 7.39. The molecular formula is C58H47BN2S. The van der Waals surface area contributed by atoms with E-state index >= 15 is 0 Å². The molecule has 9 aromatic rings. The number of fused-ring (bicyclic) bond motifs is 15. The highest BCUT2D eigenvalue weighted by Crippen LogP contribution is 2.63. The summed E-state index contributed by atoms with van der Waals surface area (Å²) in [4.78, 5) is 2.63. The number of aryl methyl sites for hydroxylation is 1. The van der Waals surface area contributed by atoms with Crippen LogP contribution in [0.5, 0.6) is 0 Å². The summed E-state index contributed by atoms with van der Waals surface area (Å²) in [6.45, 7) is 12.0. The minimum Gasteiger partial charge on any atom is -0.355 e. The Morgan fingerprint density at radius 3 is 2.02 bits per heavy atom. The van der Waals surface area contributed by atoms with Crippen molar-refractivity contribution in [3.05, 3.63) is 197 Å². The van der Waals surface area contributed by atoms with Crippen LogP contribution in [0.3, 0.4) is 0 Å². The predicted molar refractivity (Wildman–Crippen MR) is 266 cm³/mol. The molecule has 0 amide bonds. The summed E-state index contributed by atoms with van der Waals surface area (Å²) in [7, 11) is 0.842. The lowest BCUT2D eigenvalue weighted by molar-refractivity contribution is 0.332. The van der Waals surface area contributed by atoms with Crippen LogP contribution in [0.2, 0.25) is 0 Å². The summed E-state index contributed by atoms with van der Waals surface area (Å²) in [5, 5.41) is 6.71. The quantitative estimate of drug-likeness (QED) is 0.179. The van der Waals surface area contributed by atoms with Crippen LogP contribution in [0.25, 0.3) is 42.4 Å². The van der Waals surface area contributed by atoms with Crippen molar-refractivity contribution in [3.8, 4) is 22.3 Å². The van der Waals surface area contributed by atoms with Crippen molar-refractivity contribution in [1.29, 1.82) is 0 Å². The Morgan fingerprint density at radius 1 is 0.548 bits per heavy atom. The lowest BCUT2D eigenvalue weighted by Gasteiger charge is -2.48. The second-order valence-electron chi connectivity index (χ2n) is 19.6. The van der Waals surface area contributed by atoms with Crippen LogP contribution >= 0.6 is 11.3 Å². The molecule has 298 valence electrons. The fourth-order valence-corrected chi connectivity index (χ4v) is 13.5. The fourth-order valence-electron chi connectivity index (χ4n) is 12.2. The van der Waals surface area contributed by atoms with E-state index in [1.54, 1.807) is 0 Å². The first-order chi connectivity index (χ1) is 30.1. The zero-order valence-corrected chi connectivity index (χ0v) is 36.8. The van der Waals surface area contributed by atoms with Crippen LogP contribution in [0.15, 0.2) is 158 Å². The SMILES string of the molecule is Cc1cc(-c2c(Nc3ccc4c(c3)C(C)(C)CCC4(C)C)ccc3c2sc2ccccc23)c2c(c1)N1c3ccccc3C3(c4ccccc4-c4ccccc43)c3cccc(c31)B2. The molecule has 0 saturated heterocycles. The standard InChI is InChI=1S/C58H47BN2S/c1-34-31-40(52-48(28-26-39-38-17-8-13-24-51(38)62-55(39)52)60-35-25-27-43-46(33-35)57(4,5)30-29-56(43,2)3)53-50(32-34)61-49-23-12-11-20-44(49)58(45-21-14-22-47(59-53)54(45)61)41-18-9-6-15-36(41)37-16-7-10-19-42(37)58/h6-28,31-33,59-60H,29-30H2,1-5H3. The summed E-state index contributed by atoms with van der Waals surface area (Å²) in [5.74, 6) is 0. The first kappa shape index (κ1) is 36.3. The van der Waals surface area contributed by atoms with E-state index in [9.17, 15) is 0 Å². The Morgan fingerprint density at radius 2 is 1.23 bits per heavy atom. The predicted octanol–water partition coefficient (Wildman–Crippen LogP) is 14.0. The summed E-state index contributed by atoms with van der Waals surface area (Å²) >= 11 is 1.93. The van der Waals surface area contributed by atoms with Crippen LogP contribution in [0.4, 0.5) is 28.4 Å². The van der Waals surface area contributed by atoms with Gasteiger partial charge in [0.1, 0.15) is 0 Å². The lowest BCUT2D eigenvalue weighted by Crippen LogP contribution is -2.47. The average molecular weight is 815 g/mol. The second-order valence-corrected chi connectivity index (χ2v) is 20.7. The van der Waals surface area contributed by atoms with Gasteiger partial charge >= 0.3 is 0 Å². The molecule has 4 heteroatoms. The number of hydrogen-bond acceptors (Lipinski definition) is 3. The summed E-state index contributed by atoms with van der Waals surface area (Å²) < 4.78 is 2.66. The number of para-hydroxylation sites is 2. The monoisotopic (exact) mass is 814 g/mol. The van der Waals surface area contributed by atoms with Crippen molar-refractivity contribution in [2.75, 3.05) is 10.2 Å². The van der Waals surface area contributed by atoms with Gasteiger partial charge in [-0.15, -0.1) is 11.3 Å². The van der Waals surface area contributed by atoms with Gasteiger partial charge in [-0.2, -0.15) is 0 Å². The molecule has 0 saturated carbocycles. The van der Waals surface area contributed by atoms with E-state index in [4.69, 9.17) is 0 Å². The molecule has 0 bridgehead atoms. The third kappa shape index (κ3) is 4.76. The normalized spacial score (nSPS) is 16.5. The topological polar surface area (TPSA) is 15.3 Å². The van der Waals surface area contributed by atoms with Gasteiger partial charge in [0.2, 0.25) is 0 Å². The van der Waals surface area contributed by atoms with E-state index in [2.05, 4.69) is 203 Å². The van der Waals surface area contributed by atoms with Gasteiger partial charge in [0.05, 0.1) is 11.1 Å². The molecule has 62 heavy (non-hydrogen) atoms. The van der Waals surface area contributed by atoms with Gasteiger partial charge in [-0.25, -0.2) is 0 Å². The first-order valence-corrected chi connectivity index (χ1v) is 23.2. The molecule has 2 aliphatic carbocycles. The molecule has 2 aliphatic heterocycles. The van der Waals surface area contributed by atoms with E-state index < -0.39 is 5.41 Å². The molecule has 4 aliphatic rings. The molecular weight excluding hydrogens is 768 g/mol. The summed E-state index contributed by atoms with van der Waals surface area (Å²) in [6, 6.07) is 60.4. The van der Waals surface area contributed by atoms with Crippen molar-refractivity contribution < 1.29 is 0 Å². The molecule has 0 unspecified atom stereocenters. The summed E-state index contributed by atoms with van der Waals surface area (Å²) in [6.07, 6.45) is 2.40. The highest BCUT2D eigenvalue weighted by molar-refractivity contribution is 7.26. The van der Waals surface area contributed by atoms with Crippen LogP contribution < -0.4 is 21.1 Å². The van der Waals surface area contributed by atoms with Crippen LogP contribution in [-0.2, 0) is 16.2 Å². The molecule has 1 aromatic heterocycles. The van der Waals surface area contributed by atoms with E-state index in [0.29, 0.717) is 0 Å². The minimum absolute atomic E-state index is 0.120. The third-order valence-electron chi connectivity index (χ3n) is 15.2. The molecule has 2 nitrogen and oxygen atoms in total. The van der Waals surface area contributed by atoms with Gasteiger partial charge in [-0.1, -0.05) is 154 Å². The zero-order chi connectivity index (χ0) is 41.7. The van der Waals surface area contributed by atoms with Gasteiger partial charge < -0.3 is 10.2 Å². The third-order valence-corrected chi connectivity index (χ3v) is 16.4. The van der Waals surface area contributed by atoms with Gasteiger partial charge in [0.15, 0.2) is 7.28 Å². The number of thiophene rings is 1. The molecule has 0 fully saturated rings. The lowest BCUT2D eigenvalue weighted by atomic mass is 9.54. The zero-order valence-electron chi connectivity index (χ0n) is 36.0. The van der Waals surface area contributed by atoms with Gasteiger partial charge in [0.25, 0.3) is 0 Å². The number of benzene rings is 8.